The Morgan fingerprint density at radius 1 is 1.44 bits per heavy atom. The molecule has 16 heavy (non-hydrogen) atoms. The highest BCUT2D eigenvalue weighted by molar-refractivity contribution is 5.83. The van der Waals surface area contributed by atoms with Crippen LogP contribution in [0.15, 0.2) is 29.3 Å². The van der Waals surface area contributed by atoms with E-state index in [1.807, 2.05) is 12.1 Å². The van der Waals surface area contributed by atoms with E-state index in [1.54, 1.807) is 0 Å². The molecule has 0 aromatic heterocycles. The molecule has 3 heteroatoms. The first-order chi connectivity index (χ1) is 7.88. The molecule has 1 aromatic rings. The molecule has 1 aliphatic rings. The Labute approximate surface area is 96.5 Å². The summed E-state index contributed by atoms with van der Waals surface area (Å²) < 4.78 is 5.69. The maximum atomic E-state index is 5.69. The Bertz CT molecular complexity index is 374. The summed E-state index contributed by atoms with van der Waals surface area (Å²) >= 11 is 0. The first-order valence-corrected chi connectivity index (χ1v) is 5.87. The second kappa shape index (κ2) is 5.54. The number of aryl methyl sites for hydroxylation is 1. The third kappa shape index (κ3) is 2.99. The average molecular weight is 218 g/mol. The van der Waals surface area contributed by atoms with E-state index < -0.39 is 0 Å². The van der Waals surface area contributed by atoms with Crippen LogP contribution in [-0.2, 0) is 6.42 Å². The summed E-state index contributed by atoms with van der Waals surface area (Å²) in [6.07, 6.45) is 1.92. The number of hydrogen-bond acceptors (Lipinski definition) is 3. The van der Waals surface area contributed by atoms with Gasteiger partial charge in [0.15, 0.2) is 0 Å². The Morgan fingerprint density at radius 3 is 3.12 bits per heavy atom. The fourth-order valence-corrected chi connectivity index (χ4v) is 1.74. The lowest BCUT2D eigenvalue weighted by atomic mass is 10.2. The van der Waals surface area contributed by atoms with Crippen molar-refractivity contribution in [1.29, 1.82) is 0 Å². The molecule has 2 rings (SSSR count). The van der Waals surface area contributed by atoms with Crippen molar-refractivity contribution in [3.05, 3.63) is 29.8 Å². The molecule has 0 spiro atoms. The van der Waals surface area contributed by atoms with E-state index in [0.717, 1.165) is 37.5 Å². The van der Waals surface area contributed by atoms with Gasteiger partial charge < -0.3 is 10.1 Å². The molecule has 3 nitrogen and oxygen atoms in total. The van der Waals surface area contributed by atoms with Gasteiger partial charge >= 0.3 is 0 Å². The molecule has 0 saturated carbocycles. The molecule has 0 unspecified atom stereocenters. The average Bonchev–Trinajstić information content (AvgIpc) is 2.82. The molecule has 0 bridgehead atoms. The van der Waals surface area contributed by atoms with Crippen LogP contribution in [0.2, 0.25) is 0 Å². The molecule has 0 radical (unpaired) electrons. The number of benzene rings is 1. The van der Waals surface area contributed by atoms with Crippen molar-refractivity contribution >= 4 is 5.84 Å². The number of ether oxygens (including phenoxy) is 1. The lowest BCUT2D eigenvalue weighted by Gasteiger charge is -2.07. The van der Waals surface area contributed by atoms with Crippen molar-refractivity contribution in [3.8, 4) is 5.75 Å². The molecule has 1 aromatic carbocycles. The minimum absolute atomic E-state index is 0.693. The molecular formula is C13H18N2O. The number of aliphatic imine (C=N–C) groups is 1. The van der Waals surface area contributed by atoms with Gasteiger partial charge in [-0.15, -0.1) is 0 Å². The van der Waals surface area contributed by atoms with Crippen LogP contribution in [0, 0.1) is 0 Å². The van der Waals surface area contributed by atoms with E-state index >= 15 is 0 Å². The topological polar surface area (TPSA) is 33.6 Å². The normalized spacial score (nSPS) is 14.4. The van der Waals surface area contributed by atoms with Crippen LogP contribution in [0.1, 0.15) is 18.9 Å². The standard InChI is InChI=1S/C13H18N2O/c1-2-11-4-3-5-12(10-11)16-9-6-13-14-7-8-15-13/h3-5,10H,2,6-9H2,1H3,(H,14,15). The van der Waals surface area contributed by atoms with Gasteiger partial charge in [-0.25, -0.2) is 0 Å². The second-order valence-electron chi connectivity index (χ2n) is 3.85. The molecule has 86 valence electrons. The molecule has 1 N–H and O–H groups in total. The Balaban J connectivity index is 1.80. The van der Waals surface area contributed by atoms with Crippen LogP contribution >= 0.6 is 0 Å². The van der Waals surface area contributed by atoms with E-state index in [1.165, 1.54) is 5.56 Å². The minimum atomic E-state index is 0.693. The van der Waals surface area contributed by atoms with Crippen LogP contribution < -0.4 is 10.1 Å². The summed E-state index contributed by atoms with van der Waals surface area (Å²) in [6.45, 7) is 4.72. The van der Waals surface area contributed by atoms with Gasteiger partial charge in [-0.1, -0.05) is 19.1 Å². The van der Waals surface area contributed by atoms with Gasteiger partial charge in [0.1, 0.15) is 5.75 Å². The van der Waals surface area contributed by atoms with Crippen molar-refractivity contribution in [2.75, 3.05) is 19.7 Å². The van der Waals surface area contributed by atoms with Crippen molar-refractivity contribution in [3.63, 3.8) is 0 Å². The zero-order valence-electron chi connectivity index (χ0n) is 9.70. The molecular weight excluding hydrogens is 200 g/mol. The summed E-state index contributed by atoms with van der Waals surface area (Å²) in [6, 6.07) is 8.27. The highest BCUT2D eigenvalue weighted by atomic mass is 16.5. The summed E-state index contributed by atoms with van der Waals surface area (Å²) in [5.74, 6) is 2.03. The molecule has 0 atom stereocenters. The van der Waals surface area contributed by atoms with Gasteiger partial charge in [0.25, 0.3) is 0 Å². The van der Waals surface area contributed by atoms with Crippen LogP contribution in [0.3, 0.4) is 0 Å². The van der Waals surface area contributed by atoms with E-state index in [-0.39, 0.29) is 0 Å². The number of amidine groups is 1. The van der Waals surface area contributed by atoms with Crippen LogP contribution in [0.25, 0.3) is 0 Å². The highest BCUT2D eigenvalue weighted by Crippen LogP contribution is 2.13. The quantitative estimate of drug-likeness (QED) is 0.820. The van der Waals surface area contributed by atoms with Crippen LogP contribution in [0.5, 0.6) is 5.75 Å². The SMILES string of the molecule is CCc1cccc(OCCC2=NCCN2)c1. The van der Waals surface area contributed by atoms with Gasteiger partial charge in [0, 0.05) is 13.0 Å². The van der Waals surface area contributed by atoms with Crippen molar-refractivity contribution in [2.24, 2.45) is 4.99 Å². The summed E-state index contributed by atoms with van der Waals surface area (Å²) in [7, 11) is 0. The summed E-state index contributed by atoms with van der Waals surface area (Å²) in [5, 5.41) is 3.24. The second-order valence-corrected chi connectivity index (χ2v) is 3.85. The van der Waals surface area contributed by atoms with Gasteiger partial charge in [0.2, 0.25) is 0 Å². The molecule has 0 amide bonds. The van der Waals surface area contributed by atoms with E-state index in [9.17, 15) is 0 Å². The van der Waals surface area contributed by atoms with E-state index in [2.05, 4.69) is 29.4 Å². The zero-order chi connectivity index (χ0) is 11.2. The number of nitrogens with zero attached hydrogens (tertiary/aromatic N) is 1. The van der Waals surface area contributed by atoms with Gasteiger partial charge in [-0.2, -0.15) is 0 Å². The Kier molecular flexibility index (Phi) is 3.81. The van der Waals surface area contributed by atoms with Gasteiger partial charge in [-0.05, 0) is 24.1 Å². The molecule has 0 fully saturated rings. The largest absolute Gasteiger partial charge is 0.493 e. The van der Waals surface area contributed by atoms with Crippen LogP contribution in [-0.4, -0.2) is 25.5 Å². The first-order valence-electron chi connectivity index (χ1n) is 5.87. The zero-order valence-corrected chi connectivity index (χ0v) is 9.70. The lowest BCUT2D eigenvalue weighted by Crippen LogP contribution is -2.20. The maximum Gasteiger partial charge on any atom is 0.119 e. The summed E-state index contributed by atoms with van der Waals surface area (Å²) in [4.78, 5) is 4.33. The lowest BCUT2D eigenvalue weighted by molar-refractivity contribution is 0.328. The first kappa shape index (κ1) is 11.0. The number of rotatable bonds is 5. The van der Waals surface area contributed by atoms with Crippen molar-refractivity contribution in [2.45, 2.75) is 19.8 Å². The van der Waals surface area contributed by atoms with E-state index in [0.29, 0.717) is 6.61 Å². The predicted octanol–water partition coefficient (Wildman–Crippen LogP) is 2.02. The molecule has 1 heterocycles. The van der Waals surface area contributed by atoms with Crippen molar-refractivity contribution in [1.82, 2.24) is 5.32 Å². The molecule has 0 saturated heterocycles. The van der Waals surface area contributed by atoms with Crippen LogP contribution in [0.4, 0.5) is 0 Å². The predicted molar refractivity (Wildman–Crippen MR) is 66.2 cm³/mol. The number of nitrogens with one attached hydrogen (secondary N) is 1. The maximum absolute atomic E-state index is 5.69. The van der Waals surface area contributed by atoms with E-state index in [4.69, 9.17) is 4.74 Å². The third-order valence-electron chi connectivity index (χ3n) is 2.66. The highest BCUT2D eigenvalue weighted by Gasteiger charge is 2.04. The fourth-order valence-electron chi connectivity index (χ4n) is 1.74. The third-order valence-corrected chi connectivity index (χ3v) is 2.66. The smallest absolute Gasteiger partial charge is 0.119 e. The van der Waals surface area contributed by atoms with Gasteiger partial charge in [0.05, 0.1) is 19.0 Å². The minimum Gasteiger partial charge on any atom is -0.493 e. The number of hydrogen-bond donors (Lipinski definition) is 1. The molecule has 0 aliphatic carbocycles. The Morgan fingerprint density at radius 2 is 2.38 bits per heavy atom. The molecule has 1 aliphatic heterocycles. The monoisotopic (exact) mass is 218 g/mol. The Hall–Kier alpha value is -1.51. The van der Waals surface area contributed by atoms with Gasteiger partial charge in [-0.3, -0.25) is 4.99 Å². The van der Waals surface area contributed by atoms with Crippen molar-refractivity contribution < 1.29 is 4.74 Å². The fraction of sp³-hybridized carbons (Fsp3) is 0.462. The summed E-state index contributed by atoms with van der Waals surface area (Å²) in [5.41, 5.74) is 1.31.